The predicted molar refractivity (Wildman–Crippen MR) is 71.1 cm³/mol. The van der Waals surface area contributed by atoms with Crippen molar-refractivity contribution in [2.24, 2.45) is 0 Å². The van der Waals surface area contributed by atoms with Gasteiger partial charge < -0.3 is 5.73 Å². The zero-order chi connectivity index (χ0) is 13.1. The van der Waals surface area contributed by atoms with Crippen LogP contribution in [0.5, 0.6) is 0 Å². The molecule has 0 aliphatic carbocycles. The summed E-state index contributed by atoms with van der Waals surface area (Å²) in [5, 5.41) is 0. The second-order valence-corrected chi connectivity index (χ2v) is 5.43. The van der Waals surface area contributed by atoms with Crippen LogP contribution < -0.4 is 10.5 Å². The Kier molecular flexibility index (Phi) is 4.36. The number of benzene rings is 1. The van der Waals surface area contributed by atoms with Crippen LogP contribution in [0.25, 0.3) is 0 Å². The molecule has 0 bridgehead atoms. The van der Waals surface area contributed by atoms with E-state index in [1.54, 1.807) is 32.0 Å². The number of nitrogens with zero attached hydrogens (tertiary/aromatic N) is 1. The molecule has 0 amide bonds. The van der Waals surface area contributed by atoms with E-state index in [1.165, 1.54) is 4.31 Å². The number of nitrogen functional groups attached to an aromatic ring is 1. The van der Waals surface area contributed by atoms with Crippen LogP contribution >= 0.6 is 0 Å². The van der Waals surface area contributed by atoms with Gasteiger partial charge in [0.25, 0.3) is 0 Å². The van der Waals surface area contributed by atoms with Crippen LogP contribution in [0, 0.1) is 6.92 Å². The maximum atomic E-state index is 11.9. The highest BCUT2D eigenvalue weighted by Crippen LogP contribution is 2.18. The average molecular weight is 257 g/mol. The molecule has 0 fully saturated rings. The lowest BCUT2D eigenvalue weighted by molar-refractivity contribution is 0.449. The molecule has 5 nitrogen and oxygen atoms in total. The maximum Gasteiger partial charge on any atom is 0.301 e. The number of hydrogen-bond acceptors (Lipinski definition) is 3. The van der Waals surface area contributed by atoms with Gasteiger partial charge in [0.2, 0.25) is 0 Å². The summed E-state index contributed by atoms with van der Waals surface area (Å²) in [6.45, 7) is 6.34. The monoisotopic (exact) mass is 257 g/mol. The van der Waals surface area contributed by atoms with Crippen molar-refractivity contribution >= 4 is 21.6 Å². The smallest absolute Gasteiger partial charge is 0.301 e. The Morgan fingerprint density at radius 3 is 2.35 bits per heavy atom. The van der Waals surface area contributed by atoms with Gasteiger partial charge in [-0.05, 0) is 24.6 Å². The molecule has 17 heavy (non-hydrogen) atoms. The topological polar surface area (TPSA) is 75.4 Å². The van der Waals surface area contributed by atoms with Crippen molar-refractivity contribution in [2.75, 3.05) is 23.5 Å². The average Bonchev–Trinajstić information content (AvgIpc) is 2.24. The number of rotatable bonds is 5. The van der Waals surface area contributed by atoms with Crippen LogP contribution in [0.3, 0.4) is 0 Å². The zero-order valence-corrected chi connectivity index (χ0v) is 11.2. The van der Waals surface area contributed by atoms with Crippen LogP contribution in [-0.4, -0.2) is 25.8 Å². The Balaban J connectivity index is 2.94. The largest absolute Gasteiger partial charge is 0.398 e. The van der Waals surface area contributed by atoms with Crippen molar-refractivity contribution in [3.8, 4) is 0 Å². The molecule has 6 heteroatoms. The van der Waals surface area contributed by atoms with Crippen molar-refractivity contribution in [2.45, 2.75) is 20.8 Å². The summed E-state index contributed by atoms with van der Waals surface area (Å²) in [4.78, 5) is 0. The number of nitrogens with two attached hydrogens (primary N) is 1. The van der Waals surface area contributed by atoms with Crippen LogP contribution in [0.4, 0.5) is 11.4 Å². The summed E-state index contributed by atoms with van der Waals surface area (Å²) < 4.78 is 27.7. The van der Waals surface area contributed by atoms with E-state index in [4.69, 9.17) is 5.73 Å². The molecule has 3 N–H and O–H groups in total. The lowest BCUT2D eigenvalue weighted by atomic mass is 10.2. The molecule has 0 saturated carbocycles. The maximum absolute atomic E-state index is 11.9. The second kappa shape index (κ2) is 5.37. The van der Waals surface area contributed by atoms with Gasteiger partial charge in [0.1, 0.15) is 0 Å². The molecule has 0 spiro atoms. The van der Waals surface area contributed by atoms with E-state index >= 15 is 0 Å². The lowest BCUT2D eigenvalue weighted by Crippen LogP contribution is -2.35. The molecule has 0 saturated heterocycles. The fourth-order valence-electron chi connectivity index (χ4n) is 1.48. The number of anilines is 2. The minimum absolute atomic E-state index is 0.438. The van der Waals surface area contributed by atoms with Gasteiger partial charge in [-0.15, -0.1) is 0 Å². The number of hydrogen-bond donors (Lipinski definition) is 2. The van der Waals surface area contributed by atoms with Crippen LogP contribution in [-0.2, 0) is 10.2 Å². The van der Waals surface area contributed by atoms with E-state index in [0.717, 1.165) is 5.56 Å². The quantitative estimate of drug-likeness (QED) is 0.786. The fourth-order valence-corrected chi connectivity index (χ4v) is 2.71. The highest BCUT2D eigenvalue weighted by molar-refractivity contribution is 7.90. The molecule has 1 aromatic rings. The van der Waals surface area contributed by atoms with Gasteiger partial charge in [-0.2, -0.15) is 12.7 Å². The number of aryl methyl sites for hydroxylation is 1. The van der Waals surface area contributed by atoms with E-state index in [-0.39, 0.29) is 0 Å². The molecular weight excluding hydrogens is 238 g/mol. The third-order valence-electron chi connectivity index (χ3n) is 2.57. The van der Waals surface area contributed by atoms with Gasteiger partial charge in [-0.1, -0.05) is 19.9 Å². The van der Waals surface area contributed by atoms with E-state index in [9.17, 15) is 8.42 Å². The third kappa shape index (κ3) is 3.34. The van der Waals surface area contributed by atoms with Crippen molar-refractivity contribution in [3.63, 3.8) is 0 Å². The first-order valence-corrected chi connectivity index (χ1v) is 6.98. The standard InChI is InChI=1S/C11H19N3O2S/c1-4-14(5-2)17(15,16)13-10-7-6-9(3)11(12)8-10/h6-8,13H,4-5,12H2,1-3H3. The van der Waals surface area contributed by atoms with Crippen molar-refractivity contribution in [1.29, 1.82) is 0 Å². The molecule has 0 atom stereocenters. The summed E-state index contributed by atoms with van der Waals surface area (Å²) in [6.07, 6.45) is 0. The van der Waals surface area contributed by atoms with E-state index in [1.807, 2.05) is 6.92 Å². The zero-order valence-electron chi connectivity index (χ0n) is 10.4. The first-order valence-electron chi connectivity index (χ1n) is 5.54. The van der Waals surface area contributed by atoms with Crippen LogP contribution in [0.2, 0.25) is 0 Å². The van der Waals surface area contributed by atoms with Gasteiger partial charge >= 0.3 is 10.2 Å². The van der Waals surface area contributed by atoms with E-state index < -0.39 is 10.2 Å². The summed E-state index contributed by atoms with van der Waals surface area (Å²) in [5.74, 6) is 0. The molecule has 0 aromatic heterocycles. The van der Waals surface area contributed by atoms with E-state index in [0.29, 0.717) is 24.5 Å². The molecule has 96 valence electrons. The van der Waals surface area contributed by atoms with Crippen molar-refractivity contribution in [3.05, 3.63) is 23.8 Å². The summed E-state index contributed by atoms with van der Waals surface area (Å²) in [6, 6.07) is 5.11. The molecule has 1 aromatic carbocycles. The minimum atomic E-state index is -3.48. The second-order valence-electron chi connectivity index (χ2n) is 3.76. The Hall–Kier alpha value is -1.27. The lowest BCUT2D eigenvalue weighted by Gasteiger charge is -2.19. The van der Waals surface area contributed by atoms with Gasteiger partial charge in [-0.25, -0.2) is 0 Å². The molecule has 0 unspecified atom stereocenters. The Bertz CT molecular complexity index is 481. The Morgan fingerprint density at radius 1 is 1.29 bits per heavy atom. The first-order chi connectivity index (χ1) is 7.90. The number of nitrogens with one attached hydrogen (secondary N) is 1. The van der Waals surface area contributed by atoms with Gasteiger partial charge in [0, 0.05) is 18.8 Å². The molecule has 1 rings (SSSR count). The van der Waals surface area contributed by atoms with Crippen molar-refractivity contribution < 1.29 is 8.42 Å². The highest BCUT2D eigenvalue weighted by atomic mass is 32.2. The van der Waals surface area contributed by atoms with Gasteiger partial charge in [-0.3, -0.25) is 4.72 Å². The fraction of sp³-hybridized carbons (Fsp3) is 0.455. The normalized spacial score (nSPS) is 11.8. The van der Waals surface area contributed by atoms with Gasteiger partial charge in [0.05, 0.1) is 5.69 Å². The van der Waals surface area contributed by atoms with Crippen LogP contribution in [0.15, 0.2) is 18.2 Å². The molecular formula is C11H19N3O2S. The molecule has 0 radical (unpaired) electrons. The van der Waals surface area contributed by atoms with E-state index in [2.05, 4.69) is 4.72 Å². The molecule has 0 aliphatic rings. The first kappa shape index (κ1) is 13.8. The minimum Gasteiger partial charge on any atom is -0.398 e. The van der Waals surface area contributed by atoms with Crippen LogP contribution in [0.1, 0.15) is 19.4 Å². The summed E-state index contributed by atoms with van der Waals surface area (Å²) in [5.41, 5.74) is 7.72. The predicted octanol–water partition coefficient (Wildman–Crippen LogP) is 1.58. The third-order valence-corrected chi connectivity index (χ3v) is 4.26. The summed E-state index contributed by atoms with van der Waals surface area (Å²) in [7, 11) is -3.48. The SMILES string of the molecule is CCN(CC)S(=O)(=O)Nc1ccc(C)c(N)c1. The highest BCUT2D eigenvalue weighted by Gasteiger charge is 2.18. The Labute approximate surface area is 103 Å². The van der Waals surface area contributed by atoms with Gasteiger partial charge in [0.15, 0.2) is 0 Å². The Morgan fingerprint density at radius 2 is 1.88 bits per heavy atom. The molecule has 0 aliphatic heterocycles. The van der Waals surface area contributed by atoms with Crippen molar-refractivity contribution in [1.82, 2.24) is 4.31 Å². The molecule has 0 heterocycles. The summed E-state index contributed by atoms with van der Waals surface area (Å²) >= 11 is 0.